The van der Waals surface area contributed by atoms with Gasteiger partial charge in [-0.2, -0.15) is 0 Å². The maximum absolute atomic E-state index is 4.98. The van der Waals surface area contributed by atoms with Crippen molar-refractivity contribution in [2.45, 2.75) is 0 Å². The van der Waals surface area contributed by atoms with E-state index >= 15 is 0 Å². The van der Waals surface area contributed by atoms with E-state index in [0.29, 0.717) is 17.5 Å². The average Bonchev–Trinajstić information content (AvgIpc) is 3.06. The van der Waals surface area contributed by atoms with Crippen LogP contribution < -0.4 is 4.90 Å². The van der Waals surface area contributed by atoms with E-state index in [-0.39, 0.29) is 0 Å². The largest absolute Gasteiger partial charge is 0.294 e. The number of hydrogen-bond acceptors (Lipinski definition) is 6. The van der Waals surface area contributed by atoms with Crippen molar-refractivity contribution in [3.63, 3.8) is 0 Å². The molecule has 0 N–H and O–H groups in total. The molecular formula is C35H22N6. The van der Waals surface area contributed by atoms with Gasteiger partial charge >= 0.3 is 0 Å². The van der Waals surface area contributed by atoms with E-state index in [0.717, 1.165) is 55.8 Å². The minimum atomic E-state index is 0.616. The normalized spacial score (nSPS) is 11.9. The molecule has 6 nitrogen and oxygen atoms in total. The van der Waals surface area contributed by atoms with Gasteiger partial charge in [0, 0.05) is 39.5 Å². The quantitative estimate of drug-likeness (QED) is 0.230. The van der Waals surface area contributed by atoms with Crippen LogP contribution in [0.25, 0.3) is 56.1 Å². The average molecular weight is 527 g/mol. The lowest BCUT2D eigenvalue weighted by atomic mass is 9.91. The zero-order chi connectivity index (χ0) is 27.2. The van der Waals surface area contributed by atoms with Crippen molar-refractivity contribution in [2.24, 2.45) is 0 Å². The standard InChI is InChI=1S/C35H22N6/c1-4-11-23(12-5-1)32-38-33(24-13-6-2-7-14-24)40-34(39-32)26-19-25-15-10-18-30-31(25)28(20-26)29-21-36-22-37-35(29)41(30)27-16-8-3-9-17-27/h1-22H. The summed E-state index contributed by atoms with van der Waals surface area (Å²) in [5.41, 5.74) is 6.93. The molecule has 192 valence electrons. The van der Waals surface area contributed by atoms with Crippen molar-refractivity contribution in [3.05, 3.63) is 134 Å². The predicted molar refractivity (Wildman–Crippen MR) is 163 cm³/mol. The van der Waals surface area contributed by atoms with E-state index in [4.69, 9.17) is 19.9 Å². The number of benzene rings is 5. The van der Waals surface area contributed by atoms with Crippen LogP contribution in [-0.4, -0.2) is 24.9 Å². The molecule has 0 unspecified atom stereocenters. The van der Waals surface area contributed by atoms with Gasteiger partial charge < -0.3 is 0 Å². The summed E-state index contributed by atoms with van der Waals surface area (Å²) in [6.45, 7) is 0. The van der Waals surface area contributed by atoms with Gasteiger partial charge in [0.1, 0.15) is 12.1 Å². The van der Waals surface area contributed by atoms with Crippen molar-refractivity contribution in [1.82, 2.24) is 24.9 Å². The zero-order valence-electron chi connectivity index (χ0n) is 21.9. The summed E-state index contributed by atoms with van der Waals surface area (Å²) in [6, 6.07) is 41.1. The summed E-state index contributed by atoms with van der Waals surface area (Å²) < 4.78 is 0. The van der Waals surface area contributed by atoms with Crippen LogP contribution >= 0.6 is 0 Å². The number of fused-ring (bicyclic) bond motifs is 2. The highest BCUT2D eigenvalue weighted by molar-refractivity contribution is 6.14. The van der Waals surface area contributed by atoms with E-state index < -0.39 is 0 Å². The molecule has 8 rings (SSSR count). The molecule has 7 aromatic rings. The van der Waals surface area contributed by atoms with Gasteiger partial charge in [-0.1, -0.05) is 91.0 Å². The van der Waals surface area contributed by atoms with Crippen molar-refractivity contribution < 1.29 is 0 Å². The monoisotopic (exact) mass is 526 g/mol. The molecule has 0 radical (unpaired) electrons. The van der Waals surface area contributed by atoms with Gasteiger partial charge in [-0.3, -0.25) is 4.90 Å². The van der Waals surface area contributed by atoms with Gasteiger partial charge in [0.2, 0.25) is 0 Å². The molecule has 0 spiro atoms. The molecule has 0 fully saturated rings. The van der Waals surface area contributed by atoms with Gasteiger partial charge in [-0.05, 0) is 41.3 Å². The molecule has 0 atom stereocenters. The molecule has 0 bridgehead atoms. The Labute approximate surface area is 236 Å². The van der Waals surface area contributed by atoms with E-state index in [1.807, 2.05) is 85.1 Å². The van der Waals surface area contributed by atoms with Crippen molar-refractivity contribution in [3.8, 4) is 45.3 Å². The first-order valence-corrected chi connectivity index (χ1v) is 13.4. The van der Waals surface area contributed by atoms with Crippen LogP contribution in [0.15, 0.2) is 134 Å². The van der Waals surface area contributed by atoms with Crippen molar-refractivity contribution in [1.29, 1.82) is 0 Å². The smallest absolute Gasteiger partial charge is 0.164 e. The maximum Gasteiger partial charge on any atom is 0.164 e. The first-order valence-electron chi connectivity index (χ1n) is 13.4. The van der Waals surface area contributed by atoms with Crippen LogP contribution in [0.1, 0.15) is 0 Å². The second-order valence-corrected chi connectivity index (χ2v) is 9.87. The van der Waals surface area contributed by atoms with Crippen LogP contribution in [0.2, 0.25) is 0 Å². The SMILES string of the molecule is c1ccc(-c2nc(-c3ccccc3)nc(-c3cc4c5c(cccc5c3)N(c3ccccc3)c3ncncc3-4)n2)cc1. The second kappa shape index (κ2) is 9.47. The molecule has 6 heteroatoms. The molecule has 5 aromatic carbocycles. The molecule has 0 saturated carbocycles. The zero-order valence-corrected chi connectivity index (χ0v) is 21.9. The lowest BCUT2D eigenvalue weighted by molar-refractivity contribution is 1.07. The second-order valence-electron chi connectivity index (χ2n) is 9.87. The maximum atomic E-state index is 4.98. The third kappa shape index (κ3) is 3.93. The Bertz CT molecular complexity index is 1990. The Balaban J connectivity index is 1.38. The summed E-state index contributed by atoms with van der Waals surface area (Å²) >= 11 is 0. The number of aromatic nitrogens is 5. The fourth-order valence-corrected chi connectivity index (χ4v) is 5.52. The van der Waals surface area contributed by atoms with E-state index in [1.165, 1.54) is 0 Å². The molecule has 0 aliphatic carbocycles. The molecule has 0 amide bonds. The number of anilines is 3. The fraction of sp³-hybridized carbons (Fsp3) is 0. The first-order chi connectivity index (χ1) is 20.3. The van der Waals surface area contributed by atoms with E-state index in [2.05, 4.69) is 52.3 Å². The van der Waals surface area contributed by atoms with Crippen LogP contribution in [-0.2, 0) is 0 Å². The Morgan fingerprint density at radius 3 is 1.78 bits per heavy atom. The van der Waals surface area contributed by atoms with Gasteiger partial charge in [0.25, 0.3) is 0 Å². The number of nitrogens with zero attached hydrogens (tertiary/aromatic N) is 6. The van der Waals surface area contributed by atoms with E-state index in [1.54, 1.807) is 6.33 Å². The molecule has 0 saturated heterocycles. The summed E-state index contributed by atoms with van der Waals surface area (Å²) in [5, 5.41) is 2.23. The Morgan fingerprint density at radius 1 is 0.512 bits per heavy atom. The topological polar surface area (TPSA) is 67.7 Å². The lowest BCUT2D eigenvalue weighted by Gasteiger charge is -2.32. The van der Waals surface area contributed by atoms with Gasteiger partial charge in [-0.15, -0.1) is 0 Å². The van der Waals surface area contributed by atoms with Crippen LogP contribution in [0.5, 0.6) is 0 Å². The molecule has 1 aliphatic rings. The van der Waals surface area contributed by atoms with Gasteiger partial charge in [0.05, 0.1) is 5.69 Å². The van der Waals surface area contributed by atoms with Crippen molar-refractivity contribution >= 4 is 28.0 Å². The van der Waals surface area contributed by atoms with Crippen molar-refractivity contribution in [2.75, 3.05) is 4.90 Å². The van der Waals surface area contributed by atoms with Crippen LogP contribution in [0.3, 0.4) is 0 Å². The third-order valence-corrected chi connectivity index (χ3v) is 7.36. The summed E-state index contributed by atoms with van der Waals surface area (Å²) in [7, 11) is 0. The van der Waals surface area contributed by atoms with Gasteiger partial charge in [-0.25, -0.2) is 24.9 Å². The third-order valence-electron chi connectivity index (χ3n) is 7.36. The molecule has 1 aliphatic heterocycles. The first kappa shape index (κ1) is 23.2. The minimum Gasteiger partial charge on any atom is -0.294 e. The minimum absolute atomic E-state index is 0.616. The summed E-state index contributed by atoms with van der Waals surface area (Å²) in [5.74, 6) is 2.73. The summed E-state index contributed by atoms with van der Waals surface area (Å²) in [4.78, 5) is 26.2. The number of hydrogen-bond donors (Lipinski definition) is 0. The Hall–Kier alpha value is -5.75. The highest BCUT2D eigenvalue weighted by atomic mass is 15.2. The fourth-order valence-electron chi connectivity index (χ4n) is 5.52. The number of para-hydroxylation sites is 1. The van der Waals surface area contributed by atoms with Crippen LogP contribution in [0, 0.1) is 0 Å². The highest BCUT2D eigenvalue weighted by Gasteiger charge is 2.28. The summed E-state index contributed by atoms with van der Waals surface area (Å²) in [6.07, 6.45) is 3.50. The Morgan fingerprint density at radius 2 is 1.12 bits per heavy atom. The highest BCUT2D eigenvalue weighted by Crippen LogP contribution is 2.50. The number of rotatable bonds is 4. The molecule has 3 heterocycles. The predicted octanol–water partition coefficient (Wildman–Crippen LogP) is 8.27. The lowest BCUT2D eigenvalue weighted by Crippen LogP contribution is -2.16. The Kier molecular flexibility index (Phi) is 5.35. The molecular weight excluding hydrogens is 504 g/mol. The molecule has 41 heavy (non-hydrogen) atoms. The molecule has 2 aromatic heterocycles. The van der Waals surface area contributed by atoms with Crippen LogP contribution in [0.4, 0.5) is 17.2 Å². The van der Waals surface area contributed by atoms with E-state index in [9.17, 15) is 0 Å². The van der Waals surface area contributed by atoms with Gasteiger partial charge in [0.15, 0.2) is 17.5 Å².